The Hall–Kier alpha value is -1.62. The Morgan fingerprint density at radius 1 is 0.645 bits per heavy atom. The Labute approximate surface area is 189 Å². The van der Waals surface area contributed by atoms with Crippen LogP contribution in [0.4, 0.5) is 26.3 Å². The van der Waals surface area contributed by atoms with Crippen molar-refractivity contribution in [2.45, 2.75) is 26.2 Å². The van der Waals surface area contributed by atoms with Gasteiger partial charge in [-0.15, -0.1) is 0 Å². The zero-order chi connectivity index (χ0) is 23.4. The van der Waals surface area contributed by atoms with E-state index in [0.29, 0.717) is 0 Å². The van der Waals surface area contributed by atoms with Crippen LogP contribution in [-0.4, -0.2) is 11.9 Å². The second-order valence-electron chi connectivity index (χ2n) is 5.64. The van der Waals surface area contributed by atoms with E-state index in [-0.39, 0.29) is 7.14 Å². The van der Waals surface area contributed by atoms with Crippen LogP contribution in [-0.2, 0) is 29.5 Å². The number of halogens is 8. The molecule has 0 radical (unpaired) electrons. The summed E-state index contributed by atoms with van der Waals surface area (Å²) in [6.45, 7) is 2.14. The minimum absolute atomic E-state index is 0.175. The second-order valence-corrected chi connectivity index (χ2v) is 14.1. The van der Waals surface area contributed by atoms with E-state index in [9.17, 15) is 35.9 Å². The molecule has 2 aromatic rings. The van der Waals surface area contributed by atoms with Gasteiger partial charge in [-0.25, -0.2) is 0 Å². The van der Waals surface area contributed by atoms with Crippen LogP contribution in [0.15, 0.2) is 48.5 Å². The zero-order valence-corrected chi connectivity index (χ0v) is 20.0. The summed E-state index contributed by atoms with van der Waals surface area (Å²) in [5, 5.41) is 0. The van der Waals surface area contributed by atoms with Crippen LogP contribution in [0.2, 0.25) is 0 Å². The topological polar surface area (TPSA) is 61.8 Å². The summed E-state index contributed by atoms with van der Waals surface area (Å²) in [5.41, 5.74) is -1.85. The summed E-state index contributed by atoms with van der Waals surface area (Å²) in [4.78, 5) is 23.0. The molecule has 0 spiro atoms. The van der Waals surface area contributed by atoms with Gasteiger partial charge in [0, 0.05) is 0 Å². The molecule has 31 heavy (non-hydrogen) atoms. The third-order valence-electron chi connectivity index (χ3n) is 3.16. The summed E-state index contributed by atoms with van der Waals surface area (Å²) < 4.78 is 93.2. The van der Waals surface area contributed by atoms with E-state index in [1.165, 1.54) is 0 Å². The van der Waals surface area contributed by atoms with Gasteiger partial charge in [-0.1, -0.05) is 0 Å². The molecule has 0 aliphatic heterocycles. The second kappa shape index (κ2) is 10.3. The average Bonchev–Trinajstić information content (AvgIpc) is 2.65. The first-order valence-electron chi connectivity index (χ1n) is 8.09. The van der Waals surface area contributed by atoms with Gasteiger partial charge in [0.15, 0.2) is 0 Å². The average molecular weight is 678 g/mol. The minimum atomic E-state index is -4.57. The third-order valence-corrected chi connectivity index (χ3v) is 13.3. The van der Waals surface area contributed by atoms with E-state index in [4.69, 9.17) is 7.53 Å². The molecule has 13 heteroatoms. The number of hydrogen-bond acceptors (Lipinski definition) is 5. The van der Waals surface area contributed by atoms with Crippen molar-refractivity contribution >= 4 is 53.2 Å². The molecule has 0 heterocycles. The fourth-order valence-corrected chi connectivity index (χ4v) is 11.6. The molecule has 0 N–H and O–H groups in total. The molecule has 2 aromatic carbocycles. The molecule has 0 unspecified atom stereocenters. The number of carbonyl (C=O) groups excluding carboxylic acids is 2. The van der Waals surface area contributed by atoms with Crippen molar-refractivity contribution in [1.82, 2.24) is 0 Å². The molecule has 0 atom stereocenters. The molecule has 0 bridgehead atoms. The number of carbonyl (C=O) groups is 2. The van der Waals surface area contributed by atoms with Crippen molar-refractivity contribution in [2.75, 3.05) is 0 Å². The van der Waals surface area contributed by atoms with Crippen LogP contribution < -0.4 is 0 Å². The van der Waals surface area contributed by atoms with E-state index in [0.717, 1.165) is 62.4 Å². The number of hydrogen-bond donors (Lipinski definition) is 0. The van der Waals surface area contributed by atoms with Crippen molar-refractivity contribution in [2.24, 2.45) is 0 Å². The molecule has 172 valence electrons. The fraction of sp³-hybridized carbons (Fsp3) is 0.222. The molecular formula is C18H14F6I2O5. The van der Waals surface area contributed by atoms with Crippen LogP contribution in [0.5, 0.6) is 0 Å². The van der Waals surface area contributed by atoms with Crippen LogP contribution >= 0.6 is 41.3 Å². The predicted molar refractivity (Wildman–Crippen MR) is 113 cm³/mol. The van der Waals surface area contributed by atoms with Gasteiger partial charge in [-0.2, -0.15) is 0 Å². The predicted octanol–water partition coefficient (Wildman–Crippen LogP) is 6.58. The van der Waals surface area contributed by atoms with Crippen LogP contribution in [0.3, 0.4) is 0 Å². The zero-order valence-electron chi connectivity index (χ0n) is 15.7. The van der Waals surface area contributed by atoms with Crippen molar-refractivity contribution in [3.8, 4) is 0 Å². The molecule has 0 aromatic heterocycles. The normalized spacial score (nSPS) is 12.8. The quantitative estimate of drug-likeness (QED) is 0.256. The summed E-state index contributed by atoms with van der Waals surface area (Å²) in [5.74, 6) is -1.53. The van der Waals surface area contributed by atoms with Crippen molar-refractivity contribution in [1.29, 1.82) is 0 Å². The third kappa shape index (κ3) is 7.78. The number of alkyl halides is 6. The maximum absolute atomic E-state index is 12.8. The van der Waals surface area contributed by atoms with Crippen molar-refractivity contribution < 1.29 is 43.5 Å². The number of rotatable bonds is 6. The van der Waals surface area contributed by atoms with Gasteiger partial charge in [0.05, 0.1) is 0 Å². The van der Waals surface area contributed by atoms with Gasteiger partial charge >= 0.3 is 190 Å². The Kier molecular flexibility index (Phi) is 8.54. The molecule has 0 amide bonds. The Bertz CT molecular complexity index is 838. The standard InChI is InChI=1S/C18H14F6I2O5/c1-11(27)29-25(15-7-3-13(4-8-15)17(19,20)21)31-26(30-12(2)28)16-9-5-14(6-10-16)18(22,23)24/h3-10H,1-2H3. The molecule has 2 rings (SSSR count). The van der Waals surface area contributed by atoms with Gasteiger partial charge in [-0.05, 0) is 0 Å². The molecular weight excluding hydrogens is 664 g/mol. The molecule has 0 fully saturated rings. The maximum atomic E-state index is 12.8. The van der Waals surface area contributed by atoms with Gasteiger partial charge in [0.2, 0.25) is 0 Å². The van der Waals surface area contributed by atoms with E-state index >= 15 is 0 Å². The molecule has 5 nitrogen and oxygen atoms in total. The van der Waals surface area contributed by atoms with Crippen LogP contribution in [0.25, 0.3) is 0 Å². The van der Waals surface area contributed by atoms with Gasteiger partial charge < -0.3 is 0 Å². The first kappa shape index (κ1) is 25.6. The van der Waals surface area contributed by atoms with E-state index in [1.807, 2.05) is 0 Å². The Morgan fingerprint density at radius 3 is 1.16 bits per heavy atom. The summed E-state index contributed by atoms with van der Waals surface area (Å²) in [6.07, 6.45) is -9.15. The fourth-order valence-electron chi connectivity index (χ4n) is 1.91. The summed E-state index contributed by atoms with van der Waals surface area (Å²) >= 11 is -6.83. The molecule has 0 saturated heterocycles. The summed E-state index contributed by atoms with van der Waals surface area (Å²) in [6, 6.07) is 7.50. The number of benzene rings is 2. The van der Waals surface area contributed by atoms with Crippen molar-refractivity contribution in [3.05, 3.63) is 66.8 Å². The van der Waals surface area contributed by atoms with Crippen molar-refractivity contribution in [3.63, 3.8) is 0 Å². The van der Waals surface area contributed by atoms with Crippen LogP contribution in [0.1, 0.15) is 25.0 Å². The first-order chi connectivity index (χ1) is 14.3. The van der Waals surface area contributed by atoms with E-state index < -0.39 is 76.7 Å². The van der Waals surface area contributed by atoms with Gasteiger partial charge in [0.25, 0.3) is 0 Å². The van der Waals surface area contributed by atoms with Crippen LogP contribution in [0, 0.1) is 7.14 Å². The SMILES string of the molecule is CC(=O)OI(OI(OC(C)=O)c1ccc(C(F)(F)F)cc1)c1ccc(C(F)(F)F)cc1. The van der Waals surface area contributed by atoms with E-state index in [1.54, 1.807) is 0 Å². The Balaban J connectivity index is 2.35. The summed E-state index contributed by atoms with van der Waals surface area (Å²) in [7, 11) is 0. The van der Waals surface area contributed by atoms with Gasteiger partial charge in [0.1, 0.15) is 0 Å². The molecule has 0 aliphatic rings. The monoisotopic (exact) mass is 678 g/mol. The van der Waals surface area contributed by atoms with Gasteiger partial charge in [-0.3, -0.25) is 0 Å². The molecule has 0 saturated carbocycles. The van der Waals surface area contributed by atoms with E-state index in [2.05, 4.69) is 0 Å². The molecule has 0 aliphatic carbocycles. The first-order valence-corrected chi connectivity index (χ1v) is 13.8. The Morgan fingerprint density at radius 2 is 0.935 bits per heavy atom.